The number of aliphatic hydroxyl groups is 1. The van der Waals surface area contributed by atoms with Crippen LogP contribution in [0.25, 0.3) is 11.3 Å². The number of aromatic nitrogens is 2. The van der Waals surface area contributed by atoms with Gasteiger partial charge in [-0.3, -0.25) is 4.90 Å². The predicted molar refractivity (Wildman–Crippen MR) is 145 cm³/mol. The number of rotatable bonds is 8. The van der Waals surface area contributed by atoms with E-state index in [1.54, 1.807) is 13.3 Å². The summed E-state index contributed by atoms with van der Waals surface area (Å²) in [5.41, 5.74) is 1.70. The zero-order valence-corrected chi connectivity index (χ0v) is 23.7. The Labute approximate surface area is 225 Å². The van der Waals surface area contributed by atoms with Gasteiger partial charge in [-0.1, -0.05) is 19.9 Å². The fourth-order valence-corrected chi connectivity index (χ4v) is 5.08. The second-order valence-electron chi connectivity index (χ2n) is 11.4. The molecule has 11 heteroatoms. The minimum Gasteiger partial charge on any atom is -0.496 e. The van der Waals surface area contributed by atoms with Crippen molar-refractivity contribution in [2.24, 2.45) is 5.92 Å². The number of likely N-dealkylation sites (tertiary alicyclic amines) is 1. The maximum absolute atomic E-state index is 11.9. The van der Waals surface area contributed by atoms with Gasteiger partial charge in [0.1, 0.15) is 17.8 Å². The molecule has 0 radical (unpaired) electrons. The summed E-state index contributed by atoms with van der Waals surface area (Å²) >= 11 is 0. The van der Waals surface area contributed by atoms with Crippen LogP contribution in [0.2, 0.25) is 0 Å². The summed E-state index contributed by atoms with van der Waals surface area (Å²) < 4.78 is 22.9. The summed E-state index contributed by atoms with van der Waals surface area (Å²) in [6.07, 6.45) is 2.09. The number of nitrogens with one attached hydrogen (secondary N) is 2. The van der Waals surface area contributed by atoms with Crippen molar-refractivity contribution >= 4 is 18.7 Å². The van der Waals surface area contributed by atoms with Gasteiger partial charge in [0.05, 0.1) is 49.4 Å². The molecule has 2 saturated heterocycles. The average molecular weight is 528 g/mol. The van der Waals surface area contributed by atoms with Gasteiger partial charge < -0.3 is 34.2 Å². The van der Waals surface area contributed by atoms with Crippen molar-refractivity contribution in [3.63, 3.8) is 0 Å². The third kappa shape index (κ3) is 5.43. The van der Waals surface area contributed by atoms with Gasteiger partial charge in [0, 0.05) is 12.1 Å². The van der Waals surface area contributed by atoms with Crippen molar-refractivity contribution < 1.29 is 28.7 Å². The van der Waals surface area contributed by atoms with Crippen LogP contribution >= 0.6 is 0 Å². The molecular weight excluding hydrogens is 487 g/mol. The van der Waals surface area contributed by atoms with Gasteiger partial charge in [-0.15, -0.1) is 0 Å². The van der Waals surface area contributed by atoms with Gasteiger partial charge in [0.2, 0.25) is 0 Å². The number of aliphatic hydroxyl groups excluding tert-OH is 1. The molecule has 0 bridgehead atoms. The summed E-state index contributed by atoms with van der Waals surface area (Å²) in [5, 5.41) is 14.0. The van der Waals surface area contributed by atoms with Gasteiger partial charge >= 0.3 is 13.2 Å². The van der Waals surface area contributed by atoms with E-state index in [1.165, 1.54) is 7.11 Å². The fourth-order valence-electron chi connectivity index (χ4n) is 5.08. The highest BCUT2D eigenvalue weighted by Crippen LogP contribution is 2.38. The monoisotopic (exact) mass is 528 g/mol. The molecule has 1 amide bonds. The van der Waals surface area contributed by atoms with E-state index < -0.39 is 36.7 Å². The van der Waals surface area contributed by atoms with Crippen molar-refractivity contribution in [1.82, 2.24) is 20.2 Å². The van der Waals surface area contributed by atoms with Gasteiger partial charge in [0.15, 0.2) is 0 Å². The van der Waals surface area contributed by atoms with Crippen molar-refractivity contribution in [2.45, 2.75) is 83.9 Å². The van der Waals surface area contributed by atoms with Crippen LogP contribution in [0.5, 0.6) is 5.75 Å². The van der Waals surface area contributed by atoms with E-state index in [9.17, 15) is 9.90 Å². The van der Waals surface area contributed by atoms with Gasteiger partial charge in [-0.05, 0) is 64.1 Å². The van der Waals surface area contributed by atoms with Gasteiger partial charge in [0.25, 0.3) is 0 Å². The zero-order chi connectivity index (χ0) is 27.8. The number of alkyl carbamates (subject to hydrolysis) is 1. The number of imidazole rings is 1. The Bertz CT molecular complexity index is 1120. The molecule has 0 saturated carbocycles. The number of benzene rings is 1. The topological polar surface area (TPSA) is 118 Å². The Hall–Kier alpha value is -2.60. The second-order valence-corrected chi connectivity index (χ2v) is 11.4. The molecule has 208 valence electrons. The van der Waals surface area contributed by atoms with Crippen LogP contribution in [0.4, 0.5) is 4.79 Å². The largest absolute Gasteiger partial charge is 0.496 e. The second kappa shape index (κ2) is 10.9. The van der Waals surface area contributed by atoms with Gasteiger partial charge in [-0.25, -0.2) is 9.78 Å². The van der Waals surface area contributed by atoms with Crippen molar-refractivity contribution in [3.8, 4) is 17.0 Å². The number of ether oxygens (including phenoxy) is 2. The van der Waals surface area contributed by atoms with Crippen molar-refractivity contribution in [3.05, 3.63) is 30.2 Å². The van der Waals surface area contributed by atoms with E-state index >= 15 is 0 Å². The molecule has 3 N–H and O–H groups in total. The molecule has 3 atom stereocenters. The number of carbonyl (C=O) groups is 1. The molecule has 10 nitrogen and oxygen atoms in total. The molecule has 2 aliphatic rings. The number of nitrogens with zero attached hydrogens (tertiary/aromatic N) is 2. The van der Waals surface area contributed by atoms with E-state index in [1.807, 2.05) is 64.6 Å². The maximum atomic E-state index is 11.9. The summed E-state index contributed by atoms with van der Waals surface area (Å²) in [5.74, 6) is 1.44. The van der Waals surface area contributed by atoms with Crippen LogP contribution < -0.4 is 15.5 Å². The molecule has 0 aliphatic carbocycles. The molecule has 38 heavy (non-hydrogen) atoms. The molecule has 1 aromatic heterocycles. The molecule has 2 aliphatic heterocycles. The summed E-state index contributed by atoms with van der Waals surface area (Å²) in [6.45, 7) is 12.7. The first-order valence-electron chi connectivity index (χ1n) is 13.3. The number of carbonyl (C=O) groups excluding carboxylic acids is 1. The molecular formula is C27H41BN4O6. The van der Waals surface area contributed by atoms with Crippen molar-refractivity contribution in [1.29, 1.82) is 0 Å². The van der Waals surface area contributed by atoms with Crippen molar-refractivity contribution in [2.75, 3.05) is 20.8 Å². The first-order valence-corrected chi connectivity index (χ1v) is 13.3. The summed E-state index contributed by atoms with van der Waals surface area (Å²) in [6, 6.07) is 5.30. The van der Waals surface area contributed by atoms with E-state index in [0.717, 1.165) is 35.4 Å². The van der Waals surface area contributed by atoms with E-state index in [-0.39, 0.29) is 12.0 Å². The Balaban J connectivity index is 1.55. The summed E-state index contributed by atoms with van der Waals surface area (Å²) in [7, 11) is 2.47. The quantitative estimate of drug-likeness (QED) is 0.447. The van der Waals surface area contributed by atoms with Crippen LogP contribution in [0.15, 0.2) is 24.4 Å². The van der Waals surface area contributed by atoms with Crippen LogP contribution in [0.1, 0.15) is 66.3 Å². The highest BCUT2D eigenvalue weighted by Gasteiger charge is 2.51. The Kier molecular flexibility index (Phi) is 8.13. The third-order valence-corrected chi connectivity index (χ3v) is 8.10. The van der Waals surface area contributed by atoms with E-state index in [4.69, 9.17) is 18.8 Å². The van der Waals surface area contributed by atoms with Gasteiger partial charge in [-0.2, -0.15) is 0 Å². The number of hydrogen-bond donors (Lipinski definition) is 3. The lowest BCUT2D eigenvalue weighted by molar-refractivity contribution is -0.0440. The minimum absolute atomic E-state index is 0.00395. The number of methoxy groups -OCH3 is 2. The standard InChI is InChI=1S/C27H41BN4O6/c1-16(2)22(31-25(34)36-8)24(33)32-13-9-10-20(32)23-29-15-19(30-23)18-12-11-17(14-21(18)35-7)28-37-26(3,4)27(5,6)38-28/h11-12,14-16,20,22,24,33H,9-10,13H2,1-8H3,(H,29,30)(H,31,34)/t20?,22-,24?/m0/s1. The average Bonchev–Trinajstić information content (AvgIpc) is 3.59. The maximum Gasteiger partial charge on any atom is 0.494 e. The normalized spacial score (nSPS) is 22.5. The summed E-state index contributed by atoms with van der Waals surface area (Å²) in [4.78, 5) is 22.0. The van der Waals surface area contributed by atoms with Crippen LogP contribution in [0.3, 0.4) is 0 Å². The van der Waals surface area contributed by atoms with Crippen LogP contribution in [0, 0.1) is 5.92 Å². The minimum atomic E-state index is -0.885. The molecule has 4 rings (SSSR count). The number of aromatic amines is 1. The van der Waals surface area contributed by atoms with Crippen LogP contribution in [-0.4, -0.2) is 77.4 Å². The molecule has 0 spiro atoms. The highest BCUT2D eigenvalue weighted by molar-refractivity contribution is 6.62. The van der Waals surface area contributed by atoms with E-state index in [0.29, 0.717) is 12.3 Å². The first-order chi connectivity index (χ1) is 17.9. The first kappa shape index (κ1) is 28.4. The molecule has 2 fully saturated rings. The molecule has 2 aromatic rings. The lowest BCUT2D eigenvalue weighted by atomic mass is 9.78. The lowest BCUT2D eigenvalue weighted by Crippen LogP contribution is -2.54. The molecule has 3 heterocycles. The fraction of sp³-hybridized carbons (Fsp3) is 0.630. The highest BCUT2D eigenvalue weighted by atomic mass is 16.7. The SMILES string of the molecule is COC(=O)N[C@@H](C(C)C)C(O)N1CCCC1c1ncc(-c2ccc(B3OC(C)(C)C(C)(C)O3)cc2OC)[nH]1. The number of hydrogen-bond acceptors (Lipinski definition) is 8. The molecule has 1 aromatic carbocycles. The number of amides is 1. The number of H-pyrrole nitrogens is 1. The zero-order valence-electron chi connectivity index (χ0n) is 23.7. The predicted octanol–water partition coefficient (Wildman–Crippen LogP) is 3.22. The lowest BCUT2D eigenvalue weighted by Gasteiger charge is -2.35. The third-order valence-electron chi connectivity index (χ3n) is 8.10. The Morgan fingerprint density at radius 3 is 2.53 bits per heavy atom. The smallest absolute Gasteiger partial charge is 0.494 e. The van der Waals surface area contributed by atoms with Crippen LogP contribution in [-0.2, 0) is 14.0 Å². The Morgan fingerprint density at radius 1 is 1.24 bits per heavy atom. The Morgan fingerprint density at radius 2 is 1.92 bits per heavy atom. The molecule has 2 unspecified atom stereocenters. The van der Waals surface area contributed by atoms with E-state index in [2.05, 4.69) is 15.3 Å².